The molecular formula is C24H24FNO. The Balaban J connectivity index is 1.67. The average Bonchev–Trinajstić information content (AvgIpc) is 2.62. The van der Waals surface area contributed by atoms with Gasteiger partial charge >= 0.3 is 0 Å². The SMILES string of the molecule is Cc1cc(-c2ccc(CC(=O)CC(C)(C)c3cccc(F)c3)cc2)ccn1. The Morgan fingerprint density at radius 2 is 1.74 bits per heavy atom. The van der Waals surface area contributed by atoms with Crippen LogP contribution in [0.1, 0.15) is 37.1 Å². The Morgan fingerprint density at radius 1 is 1.00 bits per heavy atom. The Hall–Kier alpha value is -2.81. The molecule has 1 heterocycles. The first-order valence-electron chi connectivity index (χ1n) is 9.13. The third-order valence-electron chi connectivity index (χ3n) is 4.83. The van der Waals surface area contributed by atoms with Gasteiger partial charge in [0.15, 0.2) is 0 Å². The molecule has 3 aromatic rings. The van der Waals surface area contributed by atoms with Crippen LogP contribution in [0.25, 0.3) is 11.1 Å². The van der Waals surface area contributed by atoms with Gasteiger partial charge in [0, 0.05) is 24.7 Å². The summed E-state index contributed by atoms with van der Waals surface area (Å²) in [6, 6.07) is 18.6. The summed E-state index contributed by atoms with van der Waals surface area (Å²) in [5, 5.41) is 0. The number of rotatable bonds is 6. The molecule has 0 spiro atoms. The van der Waals surface area contributed by atoms with Gasteiger partial charge in [0.2, 0.25) is 0 Å². The molecule has 0 fully saturated rings. The van der Waals surface area contributed by atoms with Gasteiger partial charge in [0.25, 0.3) is 0 Å². The molecule has 3 rings (SSSR count). The van der Waals surface area contributed by atoms with Gasteiger partial charge in [-0.1, -0.05) is 50.2 Å². The van der Waals surface area contributed by atoms with Crippen molar-refractivity contribution >= 4 is 5.78 Å². The summed E-state index contributed by atoms with van der Waals surface area (Å²) < 4.78 is 13.5. The summed E-state index contributed by atoms with van der Waals surface area (Å²) in [4.78, 5) is 16.8. The van der Waals surface area contributed by atoms with E-state index in [0.717, 1.165) is 27.9 Å². The van der Waals surface area contributed by atoms with Gasteiger partial charge in [-0.2, -0.15) is 0 Å². The monoisotopic (exact) mass is 361 g/mol. The summed E-state index contributed by atoms with van der Waals surface area (Å²) in [5.74, 6) is -0.119. The van der Waals surface area contributed by atoms with E-state index in [2.05, 4.69) is 4.98 Å². The summed E-state index contributed by atoms with van der Waals surface area (Å²) in [6.45, 7) is 5.93. The third-order valence-corrected chi connectivity index (χ3v) is 4.83. The maximum absolute atomic E-state index is 13.5. The highest BCUT2D eigenvalue weighted by molar-refractivity contribution is 5.82. The van der Waals surface area contributed by atoms with E-state index in [1.54, 1.807) is 12.3 Å². The van der Waals surface area contributed by atoms with E-state index >= 15 is 0 Å². The minimum absolute atomic E-state index is 0.150. The molecule has 0 saturated carbocycles. The predicted octanol–water partition coefficient (Wildman–Crippen LogP) is 5.68. The lowest BCUT2D eigenvalue weighted by Gasteiger charge is -2.24. The van der Waals surface area contributed by atoms with Crippen LogP contribution in [-0.2, 0) is 16.6 Å². The highest BCUT2D eigenvalue weighted by Crippen LogP contribution is 2.28. The van der Waals surface area contributed by atoms with Crippen LogP contribution in [0.3, 0.4) is 0 Å². The zero-order chi connectivity index (χ0) is 19.4. The molecule has 0 aliphatic heterocycles. The second kappa shape index (κ2) is 7.83. The molecule has 27 heavy (non-hydrogen) atoms. The number of hydrogen-bond acceptors (Lipinski definition) is 2. The van der Waals surface area contributed by atoms with Gasteiger partial charge < -0.3 is 0 Å². The zero-order valence-corrected chi connectivity index (χ0v) is 16.0. The second-order valence-electron chi connectivity index (χ2n) is 7.67. The van der Waals surface area contributed by atoms with Crippen LogP contribution >= 0.6 is 0 Å². The molecule has 1 aromatic heterocycles. The quantitative estimate of drug-likeness (QED) is 0.566. The fourth-order valence-electron chi connectivity index (χ4n) is 3.33. The fraction of sp³-hybridized carbons (Fsp3) is 0.250. The number of carbonyl (C=O) groups excluding carboxylic acids is 1. The molecule has 0 aliphatic rings. The van der Waals surface area contributed by atoms with Crippen molar-refractivity contribution in [3.63, 3.8) is 0 Å². The zero-order valence-electron chi connectivity index (χ0n) is 16.0. The number of ketones is 1. The number of halogens is 1. The number of aryl methyl sites for hydroxylation is 1. The molecule has 0 atom stereocenters. The minimum Gasteiger partial charge on any atom is -0.299 e. The molecule has 0 bridgehead atoms. The molecule has 138 valence electrons. The molecule has 0 N–H and O–H groups in total. The molecule has 0 saturated heterocycles. The molecule has 3 heteroatoms. The summed E-state index contributed by atoms with van der Waals surface area (Å²) in [7, 11) is 0. The minimum atomic E-state index is -0.395. The summed E-state index contributed by atoms with van der Waals surface area (Å²) >= 11 is 0. The van der Waals surface area contributed by atoms with Gasteiger partial charge in [0.05, 0.1) is 0 Å². The molecule has 0 unspecified atom stereocenters. The van der Waals surface area contributed by atoms with Crippen LogP contribution in [0, 0.1) is 12.7 Å². The van der Waals surface area contributed by atoms with Gasteiger partial charge in [0.1, 0.15) is 11.6 Å². The topological polar surface area (TPSA) is 30.0 Å². The van der Waals surface area contributed by atoms with Crippen molar-refractivity contribution in [1.82, 2.24) is 4.98 Å². The fourth-order valence-corrected chi connectivity index (χ4v) is 3.33. The molecular weight excluding hydrogens is 337 g/mol. The van der Waals surface area contributed by atoms with Crippen LogP contribution in [-0.4, -0.2) is 10.8 Å². The summed E-state index contributed by atoms with van der Waals surface area (Å²) in [5.41, 5.74) is 4.65. The van der Waals surface area contributed by atoms with Crippen LogP contribution in [0.2, 0.25) is 0 Å². The van der Waals surface area contributed by atoms with Crippen molar-refractivity contribution in [2.24, 2.45) is 0 Å². The maximum atomic E-state index is 13.5. The Bertz CT molecular complexity index is 945. The van der Waals surface area contributed by atoms with E-state index in [4.69, 9.17) is 0 Å². The first-order chi connectivity index (χ1) is 12.8. The number of hydrogen-bond donors (Lipinski definition) is 0. The first-order valence-corrected chi connectivity index (χ1v) is 9.13. The molecule has 0 aliphatic carbocycles. The third kappa shape index (κ3) is 4.88. The maximum Gasteiger partial charge on any atom is 0.138 e. The van der Waals surface area contributed by atoms with E-state index in [9.17, 15) is 9.18 Å². The number of Topliss-reactive ketones (excluding diaryl/α,β-unsaturated/α-hetero) is 1. The highest BCUT2D eigenvalue weighted by Gasteiger charge is 2.24. The Morgan fingerprint density at radius 3 is 2.41 bits per heavy atom. The number of nitrogens with zero attached hydrogens (tertiary/aromatic N) is 1. The smallest absolute Gasteiger partial charge is 0.138 e. The molecule has 0 radical (unpaired) electrons. The standard InChI is InChI=1S/C24H24FNO/c1-17-13-20(11-12-26-17)19-9-7-18(8-10-19)14-23(27)16-24(2,3)21-5-4-6-22(25)15-21/h4-13,15H,14,16H2,1-3H3. The van der Waals surface area contributed by atoms with Gasteiger partial charge in [-0.05, 0) is 58.9 Å². The lowest BCUT2D eigenvalue weighted by molar-refractivity contribution is -0.119. The van der Waals surface area contributed by atoms with Gasteiger partial charge in [-0.25, -0.2) is 4.39 Å². The first kappa shape index (κ1) is 19.0. The largest absolute Gasteiger partial charge is 0.299 e. The van der Waals surface area contributed by atoms with Crippen molar-refractivity contribution < 1.29 is 9.18 Å². The lowest BCUT2D eigenvalue weighted by Crippen LogP contribution is -2.23. The molecule has 2 aromatic carbocycles. The number of carbonyl (C=O) groups is 1. The van der Waals surface area contributed by atoms with Crippen molar-refractivity contribution in [2.75, 3.05) is 0 Å². The van der Waals surface area contributed by atoms with E-state index in [1.165, 1.54) is 12.1 Å². The van der Waals surface area contributed by atoms with Crippen LogP contribution in [0.5, 0.6) is 0 Å². The number of aromatic nitrogens is 1. The van der Waals surface area contributed by atoms with Crippen molar-refractivity contribution in [1.29, 1.82) is 0 Å². The van der Waals surface area contributed by atoms with Crippen molar-refractivity contribution in [3.05, 3.63) is 89.5 Å². The molecule has 2 nitrogen and oxygen atoms in total. The van der Waals surface area contributed by atoms with Crippen LogP contribution < -0.4 is 0 Å². The van der Waals surface area contributed by atoms with E-state index in [-0.39, 0.29) is 11.6 Å². The second-order valence-corrected chi connectivity index (χ2v) is 7.67. The predicted molar refractivity (Wildman–Crippen MR) is 107 cm³/mol. The average molecular weight is 361 g/mol. The number of pyridine rings is 1. The van der Waals surface area contributed by atoms with E-state index in [1.807, 2.05) is 63.2 Å². The lowest BCUT2D eigenvalue weighted by atomic mass is 9.79. The Kier molecular flexibility index (Phi) is 5.50. The van der Waals surface area contributed by atoms with Crippen LogP contribution in [0.15, 0.2) is 66.9 Å². The van der Waals surface area contributed by atoms with E-state index < -0.39 is 5.41 Å². The van der Waals surface area contributed by atoms with Crippen molar-refractivity contribution in [3.8, 4) is 11.1 Å². The van der Waals surface area contributed by atoms with E-state index in [0.29, 0.717) is 12.8 Å². The number of benzene rings is 2. The van der Waals surface area contributed by atoms with Gasteiger partial charge in [-0.15, -0.1) is 0 Å². The summed E-state index contributed by atoms with van der Waals surface area (Å²) in [6.07, 6.45) is 2.56. The molecule has 0 amide bonds. The Labute approximate surface area is 160 Å². The normalized spacial score (nSPS) is 11.4. The van der Waals surface area contributed by atoms with Gasteiger partial charge in [-0.3, -0.25) is 9.78 Å². The van der Waals surface area contributed by atoms with Crippen molar-refractivity contribution in [2.45, 2.75) is 39.0 Å². The van der Waals surface area contributed by atoms with Crippen LogP contribution in [0.4, 0.5) is 4.39 Å². The highest BCUT2D eigenvalue weighted by atomic mass is 19.1.